The number of hydrazine groups is 1. The number of fused-ring (bicyclic) bond motifs is 1. The zero-order chi connectivity index (χ0) is 9.97. The molecule has 2 aromatic rings. The first-order valence-electron chi connectivity index (χ1n) is 4.29. The molecule has 0 saturated carbocycles. The Balaban J connectivity index is 2.57. The maximum Gasteiger partial charge on any atom is 0.121 e. The van der Waals surface area contributed by atoms with Crippen LogP contribution in [0.2, 0.25) is 0 Å². The van der Waals surface area contributed by atoms with Gasteiger partial charge in [0.05, 0.1) is 0 Å². The number of aliphatic imine (C=N–C) groups is 1. The lowest BCUT2D eigenvalue weighted by molar-refractivity contribution is 1.05. The molecule has 0 atom stereocenters. The first-order chi connectivity index (χ1) is 6.83. The zero-order valence-electron chi connectivity index (χ0n) is 7.82. The van der Waals surface area contributed by atoms with Crippen molar-refractivity contribution >= 4 is 32.8 Å². The number of nitrogens with two attached hydrogens (primary N) is 1. The normalized spacial score (nSPS) is 11.3. The van der Waals surface area contributed by atoms with Gasteiger partial charge in [0.15, 0.2) is 0 Å². The highest BCUT2D eigenvalue weighted by Gasteiger charge is 2.05. The summed E-state index contributed by atoms with van der Waals surface area (Å²) in [5.41, 5.74) is 3.61. The summed E-state index contributed by atoms with van der Waals surface area (Å²) in [6.07, 6.45) is 1.50. The molecule has 0 spiro atoms. The Morgan fingerprint density at radius 3 is 2.93 bits per heavy atom. The van der Waals surface area contributed by atoms with E-state index >= 15 is 0 Å². The third kappa shape index (κ3) is 1.49. The van der Waals surface area contributed by atoms with Crippen molar-refractivity contribution < 1.29 is 0 Å². The van der Waals surface area contributed by atoms with Crippen LogP contribution < -0.4 is 11.3 Å². The molecule has 1 aromatic heterocycles. The first-order valence-corrected chi connectivity index (χ1v) is 5.11. The number of rotatable bonds is 2. The van der Waals surface area contributed by atoms with Gasteiger partial charge in [0.2, 0.25) is 0 Å². The molecule has 0 amide bonds. The Morgan fingerprint density at radius 1 is 1.43 bits per heavy atom. The lowest BCUT2D eigenvalue weighted by Crippen LogP contribution is -2.18. The van der Waals surface area contributed by atoms with Crippen molar-refractivity contribution in [3.05, 3.63) is 29.8 Å². The third-order valence-corrected chi connectivity index (χ3v) is 3.26. The van der Waals surface area contributed by atoms with Crippen LogP contribution in [0.25, 0.3) is 10.1 Å². The molecule has 0 aliphatic carbocycles. The second-order valence-corrected chi connectivity index (χ2v) is 3.98. The molecule has 1 aromatic carbocycles. The Kier molecular flexibility index (Phi) is 2.47. The van der Waals surface area contributed by atoms with Crippen LogP contribution in [0.1, 0.15) is 5.56 Å². The standard InChI is InChI=1S/C10H11N3S/c1-7-8-4-2-3-5-9(8)14-10(7)12-6-13-11/h2-6H,11H2,1H3,(H,12,13). The van der Waals surface area contributed by atoms with Gasteiger partial charge in [-0.2, -0.15) is 0 Å². The van der Waals surface area contributed by atoms with Gasteiger partial charge in [0, 0.05) is 4.70 Å². The summed E-state index contributed by atoms with van der Waals surface area (Å²) in [6, 6.07) is 8.28. The van der Waals surface area contributed by atoms with Gasteiger partial charge in [-0.3, -0.25) is 0 Å². The van der Waals surface area contributed by atoms with Gasteiger partial charge in [-0.05, 0) is 23.9 Å². The largest absolute Gasteiger partial charge is 0.315 e. The molecule has 0 bridgehead atoms. The molecule has 14 heavy (non-hydrogen) atoms. The average molecular weight is 205 g/mol. The van der Waals surface area contributed by atoms with Crippen molar-refractivity contribution in [3.8, 4) is 0 Å². The van der Waals surface area contributed by atoms with E-state index in [1.165, 1.54) is 22.0 Å². The predicted molar refractivity (Wildman–Crippen MR) is 62.0 cm³/mol. The van der Waals surface area contributed by atoms with Crippen molar-refractivity contribution in [2.45, 2.75) is 6.92 Å². The minimum absolute atomic E-state index is 1.00. The summed E-state index contributed by atoms with van der Waals surface area (Å²) in [6.45, 7) is 2.07. The third-order valence-electron chi connectivity index (χ3n) is 2.07. The van der Waals surface area contributed by atoms with Gasteiger partial charge in [-0.25, -0.2) is 10.8 Å². The minimum atomic E-state index is 1.00. The minimum Gasteiger partial charge on any atom is -0.315 e. The van der Waals surface area contributed by atoms with E-state index in [1.807, 2.05) is 12.1 Å². The quantitative estimate of drug-likeness (QED) is 0.342. The molecule has 72 valence electrons. The van der Waals surface area contributed by atoms with Crippen LogP contribution in [0.3, 0.4) is 0 Å². The Hall–Kier alpha value is -1.39. The number of benzene rings is 1. The summed E-state index contributed by atoms with van der Waals surface area (Å²) in [5, 5.41) is 2.27. The topological polar surface area (TPSA) is 50.4 Å². The summed E-state index contributed by atoms with van der Waals surface area (Å²) in [4.78, 5) is 4.22. The van der Waals surface area contributed by atoms with Crippen LogP contribution in [0.5, 0.6) is 0 Å². The summed E-state index contributed by atoms with van der Waals surface area (Å²) in [5.74, 6) is 5.13. The maximum absolute atomic E-state index is 5.13. The summed E-state index contributed by atoms with van der Waals surface area (Å²) >= 11 is 1.67. The SMILES string of the molecule is Cc1c(N=CNN)sc2ccccc12. The summed E-state index contributed by atoms with van der Waals surface area (Å²) in [7, 11) is 0. The number of thiophene rings is 1. The van der Waals surface area contributed by atoms with E-state index in [-0.39, 0.29) is 0 Å². The highest BCUT2D eigenvalue weighted by molar-refractivity contribution is 7.22. The van der Waals surface area contributed by atoms with E-state index in [0.717, 1.165) is 5.00 Å². The molecule has 0 radical (unpaired) electrons. The average Bonchev–Trinajstić information content (AvgIpc) is 2.54. The number of aryl methyl sites for hydroxylation is 1. The monoisotopic (exact) mass is 205 g/mol. The molecular formula is C10H11N3S. The molecule has 0 unspecified atom stereocenters. The Bertz CT molecular complexity index is 473. The second kappa shape index (κ2) is 3.77. The molecule has 3 N–H and O–H groups in total. The second-order valence-electron chi connectivity index (χ2n) is 2.95. The predicted octanol–water partition coefficient (Wildman–Crippen LogP) is 2.33. The maximum atomic E-state index is 5.13. The number of hydrogen-bond donors (Lipinski definition) is 2. The van der Waals surface area contributed by atoms with Crippen LogP contribution in [-0.4, -0.2) is 6.34 Å². The van der Waals surface area contributed by atoms with Crippen LogP contribution >= 0.6 is 11.3 Å². The van der Waals surface area contributed by atoms with Crippen molar-refractivity contribution in [1.29, 1.82) is 0 Å². The van der Waals surface area contributed by atoms with Crippen molar-refractivity contribution in [3.63, 3.8) is 0 Å². The fraction of sp³-hybridized carbons (Fsp3) is 0.100. The molecular weight excluding hydrogens is 194 g/mol. The first kappa shape index (κ1) is 9.18. The molecule has 4 heteroatoms. The molecule has 0 aliphatic rings. The van der Waals surface area contributed by atoms with E-state index < -0.39 is 0 Å². The van der Waals surface area contributed by atoms with Crippen molar-refractivity contribution in [2.24, 2.45) is 10.8 Å². The number of nitrogens with zero attached hydrogens (tertiary/aromatic N) is 1. The van der Waals surface area contributed by atoms with Gasteiger partial charge in [0.25, 0.3) is 0 Å². The van der Waals surface area contributed by atoms with Crippen molar-refractivity contribution in [2.75, 3.05) is 0 Å². The lowest BCUT2D eigenvalue weighted by Gasteiger charge is -1.90. The smallest absolute Gasteiger partial charge is 0.121 e. The van der Waals surface area contributed by atoms with Gasteiger partial charge in [-0.1, -0.05) is 18.2 Å². The van der Waals surface area contributed by atoms with E-state index in [9.17, 15) is 0 Å². The van der Waals surface area contributed by atoms with Crippen LogP contribution in [0, 0.1) is 6.92 Å². The summed E-state index contributed by atoms with van der Waals surface area (Å²) < 4.78 is 1.26. The molecule has 2 rings (SSSR count). The van der Waals surface area contributed by atoms with Crippen molar-refractivity contribution in [1.82, 2.24) is 5.43 Å². The fourth-order valence-corrected chi connectivity index (χ4v) is 2.43. The number of nitrogens with one attached hydrogen (secondary N) is 1. The molecule has 0 aliphatic heterocycles. The van der Waals surface area contributed by atoms with Gasteiger partial charge in [0.1, 0.15) is 11.3 Å². The zero-order valence-corrected chi connectivity index (χ0v) is 8.64. The van der Waals surface area contributed by atoms with Crippen LogP contribution in [0.15, 0.2) is 29.3 Å². The Labute approximate surface area is 86.2 Å². The molecule has 3 nitrogen and oxygen atoms in total. The van der Waals surface area contributed by atoms with Gasteiger partial charge < -0.3 is 5.43 Å². The van der Waals surface area contributed by atoms with Gasteiger partial charge in [-0.15, -0.1) is 11.3 Å². The van der Waals surface area contributed by atoms with E-state index in [2.05, 4.69) is 29.5 Å². The fourth-order valence-electron chi connectivity index (χ4n) is 1.38. The van der Waals surface area contributed by atoms with E-state index in [4.69, 9.17) is 5.84 Å². The Morgan fingerprint density at radius 2 is 2.21 bits per heavy atom. The highest BCUT2D eigenvalue weighted by Crippen LogP contribution is 2.36. The molecule has 1 heterocycles. The lowest BCUT2D eigenvalue weighted by atomic mass is 10.2. The van der Waals surface area contributed by atoms with E-state index in [1.54, 1.807) is 11.3 Å². The van der Waals surface area contributed by atoms with Gasteiger partial charge >= 0.3 is 0 Å². The molecule has 0 fully saturated rings. The molecule has 0 saturated heterocycles. The number of hydrogen-bond acceptors (Lipinski definition) is 3. The van der Waals surface area contributed by atoms with Crippen LogP contribution in [0.4, 0.5) is 5.00 Å². The van der Waals surface area contributed by atoms with E-state index in [0.29, 0.717) is 0 Å². The van der Waals surface area contributed by atoms with Crippen LogP contribution in [-0.2, 0) is 0 Å². The highest BCUT2D eigenvalue weighted by atomic mass is 32.1.